The lowest BCUT2D eigenvalue weighted by atomic mass is 10.0. The Hall–Kier alpha value is -2.94. The van der Waals surface area contributed by atoms with E-state index in [1.807, 2.05) is 35.2 Å². The van der Waals surface area contributed by atoms with Crippen molar-refractivity contribution in [1.29, 1.82) is 0 Å². The van der Waals surface area contributed by atoms with Crippen LogP contribution in [-0.2, 0) is 4.79 Å². The number of nitrogens with zero attached hydrogens (tertiary/aromatic N) is 3. The molecule has 156 valence electrons. The van der Waals surface area contributed by atoms with Crippen molar-refractivity contribution in [3.8, 4) is 23.1 Å². The van der Waals surface area contributed by atoms with Crippen LogP contribution in [0.2, 0.25) is 0 Å². The highest BCUT2D eigenvalue weighted by Gasteiger charge is 2.31. The fraction of sp³-hybridized carbons (Fsp3) is 0.381. The van der Waals surface area contributed by atoms with E-state index in [4.69, 9.17) is 13.9 Å². The van der Waals surface area contributed by atoms with Crippen LogP contribution in [0.4, 0.5) is 0 Å². The van der Waals surface area contributed by atoms with Crippen molar-refractivity contribution in [3.63, 3.8) is 0 Å². The van der Waals surface area contributed by atoms with Crippen LogP contribution < -0.4 is 9.47 Å². The highest BCUT2D eigenvalue weighted by Crippen LogP contribution is 2.38. The summed E-state index contributed by atoms with van der Waals surface area (Å²) in [6.07, 6.45) is 4.58. The van der Waals surface area contributed by atoms with E-state index in [9.17, 15) is 4.79 Å². The number of aromatic amines is 1. The second-order valence-corrected chi connectivity index (χ2v) is 8.17. The highest BCUT2D eigenvalue weighted by atomic mass is 32.2. The molecular formula is C21H22N4O4S. The first-order chi connectivity index (χ1) is 14.8. The summed E-state index contributed by atoms with van der Waals surface area (Å²) < 4.78 is 17.2. The molecule has 1 atom stereocenters. The molecule has 1 aromatic carbocycles. The van der Waals surface area contributed by atoms with E-state index in [-0.39, 0.29) is 17.7 Å². The van der Waals surface area contributed by atoms with Gasteiger partial charge in [0.25, 0.3) is 11.1 Å². The van der Waals surface area contributed by atoms with Crippen molar-refractivity contribution >= 4 is 17.7 Å². The Bertz CT molecular complexity index is 1020. The molecule has 30 heavy (non-hydrogen) atoms. The van der Waals surface area contributed by atoms with E-state index in [1.165, 1.54) is 11.8 Å². The maximum atomic E-state index is 12.9. The van der Waals surface area contributed by atoms with Gasteiger partial charge in [0.1, 0.15) is 5.69 Å². The van der Waals surface area contributed by atoms with E-state index in [0.717, 1.165) is 48.6 Å². The summed E-state index contributed by atoms with van der Waals surface area (Å²) in [4.78, 5) is 17.9. The maximum Gasteiger partial charge on any atom is 0.277 e. The third kappa shape index (κ3) is 3.89. The number of thioether (sulfide) groups is 1. The fourth-order valence-electron chi connectivity index (χ4n) is 3.85. The lowest BCUT2D eigenvalue weighted by molar-refractivity contribution is -0.129. The number of hydrogen-bond donors (Lipinski definition) is 1. The summed E-state index contributed by atoms with van der Waals surface area (Å²) in [5.74, 6) is 2.28. The van der Waals surface area contributed by atoms with Gasteiger partial charge in [-0.25, -0.2) is 0 Å². The topological polar surface area (TPSA) is 93.5 Å². The normalized spacial score (nSPS) is 18.4. The lowest BCUT2D eigenvalue weighted by Gasteiger charge is -2.25. The zero-order valence-corrected chi connectivity index (χ0v) is 17.2. The molecule has 0 saturated carbocycles. The molecule has 1 N–H and O–H groups in total. The Morgan fingerprint density at radius 1 is 1.17 bits per heavy atom. The predicted octanol–water partition coefficient (Wildman–Crippen LogP) is 3.68. The van der Waals surface area contributed by atoms with Gasteiger partial charge in [0.05, 0.1) is 25.0 Å². The number of carbonyl (C=O) groups excluding carboxylic acids is 1. The van der Waals surface area contributed by atoms with Crippen LogP contribution in [0.25, 0.3) is 11.6 Å². The van der Waals surface area contributed by atoms with Gasteiger partial charge in [0, 0.05) is 19.2 Å². The molecule has 0 unspecified atom stereocenters. The van der Waals surface area contributed by atoms with Gasteiger partial charge in [-0.3, -0.25) is 4.79 Å². The second kappa shape index (κ2) is 8.43. The average molecular weight is 426 g/mol. The summed E-state index contributed by atoms with van der Waals surface area (Å²) in [5.41, 5.74) is 1.84. The Kier molecular flexibility index (Phi) is 5.35. The molecule has 0 radical (unpaired) electrons. The number of H-pyrrole nitrogens is 1. The molecule has 5 rings (SSSR count). The minimum absolute atomic E-state index is 0.0485. The summed E-state index contributed by atoms with van der Waals surface area (Å²) >= 11 is 1.27. The van der Waals surface area contributed by atoms with Crippen LogP contribution in [0, 0.1) is 0 Å². The number of likely N-dealkylation sites (tertiary alicyclic amines) is 1. The summed E-state index contributed by atoms with van der Waals surface area (Å²) in [6.45, 7) is 2.06. The van der Waals surface area contributed by atoms with Gasteiger partial charge in [0.2, 0.25) is 5.91 Å². The molecule has 2 aliphatic heterocycles. The van der Waals surface area contributed by atoms with Crippen molar-refractivity contribution in [2.45, 2.75) is 30.5 Å². The van der Waals surface area contributed by atoms with Crippen LogP contribution in [0.3, 0.4) is 0 Å². The lowest BCUT2D eigenvalue weighted by Crippen LogP contribution is -2.32. The van der Waals surface area contributed by atoms with E-state index in [1.54, 1.807) is 6.20 Å². The van der Waals surface area contributed by atoms with Gasteiger partial charge < -0.3 is 23.8 Å². The number of amides is 1. The van der Waals surface area contributed by atoms with Crippen molar-refractivity contribution in [2.24, 2.45) is 0 Å². The van der Waals surface area contributed by atoms with E-state index >= 15 is 0 Å². The number of nitrogens with one attached hydrogen (secondary N) is 1. The predicted molar refractivity (Wildman–Crippen MR) is 111 cm³/mol. The minimum atomic E-state index is 0.0485. The third-order valence-corrected chi connectivity index (χ3v) is 6.09. The molecule has 2 aliphatic rings. The summed E-state index contributed by atoms with van der Waals surface area (Å²) in [7, 11) is 0. The number of rotatable bonds is 5. The molecule has 1 saturated heterocycles. The highest BCUT2D eigenvalue weighted by molar-refractivity contribution is 7.99. The first-order valence-electron chi connectivity index (χ1n) is 10.1. The smallest absolute Gasteiger partial charge is 0.277 e. The first kappa shape index (κ1) is 19.0. The van der Waals surface area contributed by atoms with Crippen molar-refractivity contribution in [3.05, 3.63) is 42.1 Å². The third-order valence-electron chi connectivity index (χ3n) is 5.28. The van der Waals surface area contributed by atoms with E-state index in [0.29, 0.717) is 24.3 Å². The van der Waals surface area contributed by atoms with Crippen LogP contribution in [-0.4, -0.2) is 51.5 Å². The van der Waals surface area contributed by atoms with Gasteiger partial charge in [-0.05, 0) is 42.7 Å². The van der Waals surface area contributed by atoms with Crippen molar-refractivity contribution < 1.29 is 18.7 Å². The molecular weight excluding hydrogens is 404 g/mol. The molecule has 4 heterocycles. The maximum absolute atomic E-state index is 12.9. The number of aromatic nitrogens is 3. The monoisotopic (exact) mass is 426 g/mol. The molecule has 9 heteroatoms. The number of ether oxygens (including phenoxy) is 2. The number of benzene rings is 1. The number of carbonyl (C=O) groups is 1. The fourth-order valence-corrected chi connectivity index (χ4v) is 4.49. The van der Waals surface area contributed by atoms with Gasteiger partial charge >= 0.3 is 0 Å². The number of hydrogen-bond acceptors (Lipinski definition) is 7. The van der Waals surface area contributed by atoms with Crippen LogP contribution in [0.15, 0.2) is 46.2 Å². The SMILES string of the molecule is O=C(CSc1nnc(-c2ccc[nH]2)o1)N1CCC[C@@H]1c1ccc2c(c1)OCCCO2. The van der Waals surface area contributed by atoms with Crippen LogP contribution in [0.1, 0.15) is 30.9 Å². The van der Waals surface area contributed by atoms with Crippen LogP contribution in [0.5, 0.6) is 11.5 Å². The Morgan fingerprint density at radius 3 is 2.93 bits per heavy atom. The Morgan fingerprint density at radius 2 is 2.07 bits per heavy atom. The minimum Gasteiger partial charge on any atom is -0.490 e. The molecule has 0 aliphatic carbocycles. The zero-order valence-electron chi connectivity index (χ0n) is 16.4. The molecule has 0 bridgehead atoms. The molecule has 2 aromatic heterocycles. The molecule has 0 spiro atoms. The van der Waals surface area contributed by atoms with E-state index < -0.39 is 0 Å². The molecule has 1 fully saturated rings. The Balaban J connectivity index is 1.25. The van der Waals surface area contributed by atoms with Gasteiger partial charge in [-0.2, -0.15) is 0 Å². The largest absolute Gasteiger partial charge is 0.490 e. The average Bonchev–Trinajstić information content (AvgIpc) is 3.51. The summed E-state index contributed by atoms with van der Waals surface area (Å²) in [5, 5.41) is 8.44. The molecule has 8 nitrogen and oxygen atoms in total. The van der Waals surface area contributed by atoms with Gasteiger partial charge in [0.15, 0.2) is 11.5 Å². The summed E-state index contributed by atoms with van der Waals surface area (Å²) in [6, 6.07) is 9.78. The molecule has 1 amide bonds. The van der Waals surface area contributed by atoms with Crippen molar-refractivity contribution in [1.82, 2.24) is 20.1 Å². The Labute approximate surface area is 178 Å². The van der Waals surface area contributed by atoms with Gasteiger partial charge in [-0.1, -0.05) is 17.8 Å². The van der Waals surface area contributed by atoms with E-state index in [2.05, 4.69) is 15.2 Å². The molecule has 3 aromatic rings. The quantitative estimate of drug-likeness (QED) is 0.622. The zero-order chi connectivity index (χ0) is 20.3. The second-order valence-electron chi connectivity index (χ2n) is 7.25. The standard InChI is InChI=1S/C21H22N4O4S/c26-19(13-30-21-24-23-20(29-21)15-4-1-8-22-15)25-9-2-5-16(25)14-6-7-17-18(12-14)28-11-3-10-27-17/h1,4,6-8,12,16,22H,2-3,5,9-11,13H2/t16-/m1/s1. The van der Waals surface area contributed by atoms with Gasteiger partial charge in [-0.15, -0.1) is 10.2 Å². The first-order valence-corrected chi connectivity index (χ1v) is 11.1. The number of fused-ring (bicyclic) bond motifs is 1. The van der Waals surface area contributed by atoms with Crippen LogP contribution >= 0.6 is 11.8 Å². The van der Waals surface area contributed by atoms with Crippen molar-refractivity contribution in [2.75, 3.05) is 25.5 Å².